The number of rotatable bonds is 19. The second-order valence-electron chi connectivity index (χ2n) is 9.56. The Hall–Kier alpha value is -2.41. The molecule has 0 aliphatic carbocycles. The van der Waals surface area contributed by atoms with Gasteiger partial charge in [0.15, 0.2) is 6.29 Å². The predicted octanol–water partition coefficient (Wildman–Crippen LogP) is -1.58. The molecule has 41 heavy (non-hydrogen) atoms. The van der Waals surface area contributed by atoms with E-state index >= 15 is 0 Å². The van der Waals surface area contributed by atoms with Crippen LogP contribution in [0.25, 0.3) is 0 Å². The van der Waals surface area contributed by atoms with Crippen LogP contribution in [-0.4, -0.2) is 135 Å². The lowest BCUT2D eigenvalue weighted by Crippen LogP contribution is -2.64. The number of ether oxygens (including phenoxy) is 1. The summed E-state index contributed by atoms with van der Waals surface area (Å²) in [4.78, 5) is 52.4. The smallest absolute Gasteiger partial charge is 0.222 e. The highest BCUT2D eigenvalue weighted by molar-refractivity contribution is 7.99. The van der Waals surface area contributed by atoms with Gasteiger partial charge < -0.3 is 45.6 Å². The highest BCUT2D eigenvalue weighted by Gasteiger charge is 2.44. The van der Waals surface area contributed by atoms with Crippen LogP contribution in [0.3, 0.4) is 0 Å². The summed E-state index contributed by atoms with van der Waals surface area (Å²) in [6, 6.07) is -1.24. The van der Waals surface area contributed by atoms with Gasteiger partial charge in [0.1, 0.15) is 24.4 Å². The molecule has 1 rings (SSSR count). The van der Waals surface area contributed by atoms with Crippen molar-refractivity contribution in [1.82, 2.24) is 20.4 Å². The molecule has 5 atom stereocenters. The molecule has 0 radical (unpaired) electrons. The molecule has 1 aliphatic heterocycles. The van der Waals surface area contributed by atoms with Crippen LogP contribution >= 0.6 is 11.8 Å². The third-order valence-corrected chi connectivity index (χ3v) is 7.55. The van der Waals surface area contributed by atoms with Gasteiger partial charge in [-0.05, 0) is 6.42 Å². The zero-order chi connectivity index (χ0) is 30.8. The van der Waals surface area contributed by atoms with Gasteiger partial charge in [0, 0.05) is 76.3 Å². The maximum atomic E-state index is 12.5. The Kier molecular flexibility index (Phi) is 18.3. The molecule has 4 amide bonds. The van der Waals surface area contributed by atoms with Crippen LogP contribution < -0.4 is 10.6 Å². The molecule has 1 aliphatic rings. The van der Waals surface area contributed by atoms with Gasteiger partial charge in [-0.3, -0.25) is 19.2 Å². The summed E-state index contributed by atoms with van der Waals surface area (Å²) >= 11 is 1.44. The van der Waals surface area contributed by atoms with Crippen molar-refractivity contribution in [3.05, 3.63) is 0 Å². The minimum atomic E-state index is -1.58. The van der Waals surface area contributed by atoms with Crippen molar-refractivity contribution in [1.29, 1.82) is 0 Å². The third kappa shape index (κ3) is 13.4. The fourth-order valence-corrected chi connectivity index (χ4v) is 5.02. The molecule has 0 aromatic carbocycles. The minimum Gasteiger partial charge on any atom is -0.394 e. The molecular weight excluding hydrogens is 556 g/mol. The minimum absolute atomic E-state index is 0.0610. The number of terminal acetylenes is 1. The Balaban J connectivity index is 2.46. The fourth-order valence-electron chi connectivity index (χ4n) is 4.13. The van der Waals surface area contributed by atoms with E-state index in [9.17, 15) is 34.5 Å². The summed E-state index contributed by atoms with van der Waals surface area (Å²) in [5.41, 5.74) is 0. The first-order valence-corrected chi connectivity index (χ1v) is 15.2. The number of aliphatic hydroxyl groups is 4. The highest BCUT2D eigenvalue weighted by atomic mass is 32.2. The molecule has 3 unspecified atom stereocenters. The van der Waals surface area contributed by atoms with Crippen molar-refractivity contribution < 1.29 is 44.3 Å². The average molecular weight is 603 g/mol. The molecule has 0 saturated carbocycles. The summed E-state index contributed by atoms with van der Waals surface area (Å²) in [6.45, 7) is 4.65. The Morgan fingerprint density at radius 1 is 0.902 bits per heavy atom. The molecule has 1 saturated heterocycles. The van der Waals surface area contributed by atoms with Gasteiger partial charge in [0.25, 0.3) is 0 Å². The fraction of sp³-hybridized carbons (Fsp3) is 0.778. The van der Waals surface area contributed by atoms with Crippen molar-refractivity contribution >= 4 is 35.4 Å². The van der Waals surface area contributed by atoms with E-state index in [0.717, 1.165) is 0 Å². The van der Waals surface area contributed by atoms with Crippen molar-refractivity contribution in [2.45, 2.75) is 83.0 Å². The summed E-state index contributed by atoms with van der Waals surface area (Å²) < 4.78 is 5.03. The lowest BCUT2D eigenvalue weighted by Gasteiger charge is -2.40. The maximum Gasteiger partial charge on any atom is 0.222 e. The van der Waals surface area contributed by atoms with Crippen LogP contribution in [0.1, 0.15) is 52.4 Å². The summed E-state index contributed by atoms with van der Waals surface area (Å²) in [6.07, 6.45) is 1.64. The summed E-state index contributed by atoms with van der Waals surface area (Å²) in [5.74, 6) is 2.72. The summed E-state index contributed by atoms with van der Waals surface area (Å²) in [7, 11) is 0. The number of hydrogen-bond acceptors (Lipinski definition) is 10. The van der Waals surface area contributed by atoms with Crippen molar-refractivity contribution in [2.75, 3.05) is 50.8 Å². The van der Waals surface area contributed by atoms with Crippen LogP contribution in [0.5, 0.6) is 0 Å². The van der Waals surface area contributed by atoms with Crippen LogP contribution in [0, 0.1) is 12.3 Å². The van der Waals surface area contributed by atoms with Gasteiger partial charge in [0.2, 0.25) is 23.6 Å². The molecule has 0 aromatic rings. The maximum absolute atomic E-state index is 12.5. The number of nitrogens with zero attached hydrogens (tertiary/aromatic N) is 2. The standard InChI is InChI=1S/C27H46N4O9S/c1-4-7-8-9-20(33)28-11-12-30(22(35)5-2)13-14-31(23(36)6-3)15-17-41-16-10-21(34)29-24-26(38)25(37)19(18-32)40-27(24)39/h1,19,24-27,32,37-39H,5-18H2,2-3H3,(H,28,33)(H,29,34)/t19?,24?,25-,26+,27?/m1/s1. The molecule has 1 heterocycles. The highest BCUT2D eigenvalue weighted by Crippen LogP contribution is 2.20. The third-order valence-electron chi connectivity index (χ3n) is 6.59. The molecule has 6 N–H and O–H groups in total. The molecule has 1 fully saturated rings. The quantitative estimate of drug-likeness (QED) is 0.0744. The number of nitrogens with one attached hydrogen (secondary N) is 2. The average Bonchev–Trinajstić information content (AvgIpc) is 2.96. The zero-order valence-corrected chi connectivity index (χ0v) is 24.8. The van der Waals surface area contributed by atoms with E-state index in [1.807, 2.05) is 0 Å². The first-order valence-electron chi connectivity index (χ1n) is 14.0. The van der Waals surface area contributed by atoms with E-state index in [2.05, 4.69) is 16.6 Å². The van der Waals surface area contributed by atoms with Gasteiger partial charge in [-0.2, -0.15) is 11.8 Å². The van der Waals surface area contributed by atoms with Crippen LogP contribution in [0.4, 0.5) is 0 Å². The van der Waals surface area contributed by atoms with E-state index in [-0.39, 0.29) is 24.1 Å². The van der Waals surface area contributed by atoms with E-state index in [0.29, 0.717) is 76.3 Å². The molecule has 234 valence electrons. The number of amides is 4. The lowest BCUT2D eigenvalue weighted by atomic mass is 9.97. The van der Waals surface area contributed by atoms with Crippen LogP contribution in [0.15, 0.2) is 0 Å². The van der Waals surface area contributed by atoms with Gasteiger partial charge in [-0.1, -0.05) is 13.8 Å². The Labute approximate surface area is 246 Å². The second kappa shape index (κ2) is 20.5. The first kappa shape index (κ1) is 36.6. The van der Waals surface area contributed by atoms with Crippen molar-refractivity contribution in [3.63, 3.8) is 0 Å². The largest absolute Gasteiger partial charge is 0.394 e. The van der Waals surface area contributed by atoms with Crippen LogP contribution in [-0.2, 0) is 23.9 Å². The first-order chi connectivity index (χ1) is 19.6. The number of unbranched alkanes of at least 4 members (excludes halogenated alkanes) is 1. The Bertz CT molecular complexity index is 872. The van der Waals surface area contributed by atoms with Crippen molar-refractivity contribution in [3.8, 4) is 12.3 Å². The molecule has 0 aromatic heterocycles. The molecular formula is C27H46N4O9S. The monoisotopic (exact) mass is 602 g/mol. The number of carbonyl (C=O) groups is 4. The Morgan fingerprint density at radius 3 is 2.12 bits per heavy atom. The SMILES string of the molecule is C#CCCCC(=O)NCCN(CCN(CCSCCC(=O)NC1C(O)OC(CO)[C@@H](O)[C@H]1O)C(=O)CC)C(=O)CC. The van der Waals surface area contributed by atoms with Gasteiger partial charge >= 0.3 is 0 Å². The van der Waals surface area contributed by atoms with Crippen molar-refractivity contribution in [2.24, 2.45) is 0 Å². The molecule has 0 bridgehead atoms. The van der Waals surface area contributed by atoms with E-state index < -0.39 is 43.2 Å². The van der Waals surface area contributed by atoms with E-state index in [1.54, 1.807) is 23.6 Å². The van der Waals surface area contributed by atoms with E-state index in [1.165, 1.54) is 11.8 Å². The molecule has 0 spiro atoms. The molecule has 14 heteroatoms. The lowest BCUT2D eigenvalue weighted by molar-refractivity contribution is -0.253. The predicted molar refractivity (Wildman–Crippen MR) is 153 cm³/mol. The van der Waals surface area contributed by atoms with Crippen LogP contribution in [0.2, 0.25) is 0 Å². The van der Waals surface area contributed by atoms with Gasteiger partial charge in [0.05, 0.1) is 6.61 Å². The summed E-state index contributed by atoms with van der Waals surface area (Å²) in [5, 5.41) is 44.5. The number of aliphatic hydroxyl groups excluding tert-OH is 4. The molecule has 13 nitrogen and oxygen atoms in total. The normalized spacial score (nSPS) is 21.9. The van der Waals surface area contributed by atoms with E-state index in [4.69, 9.17) is 16.3 Å². The zero-order valence-electron chi connectivity index (χ0n) is 24.0. The number of hydrogen-bond donors (Lipinski definition) is 6. The Morgan fingerprint density at radius 2 is 1.54 bits per heavy atom. The second-order valence-corrected chi connectivity index (χ2v) is 10.8. The number of carbonyl (C=O) groups excluding carboxylic acids is 4. The topological polar surface area (TPSA) is 189 Å². The number of thioether (sulfide) groups is 1. The van der Waals surface area contributed by atoms with Gasteiger partial charge in [-0.15, -0.1) is 12.3 Å². The van der Waals surface area contributed by atoms with Gasteiger partial charge in [-0.25, -0.2) is 0 Å².